The van der Waals surface area contributed by atoms with Gasteiger partial charge in [0, 0.05) is 6.54 Å². The predicted octanol–water partition coefficient (Wildman–Crippen LogP) is 4.86. The van der Waals surface area contributed by atoms with E-state index in [2.05, 4.69) is 0 Å². The van der Waals surface area contributed by atoms with Gasteiger partial charge in [-0.25, -0.2) is 13.4 Å². The van der Waals surface area contributed by atoms with Gasteiger partial charge in [-0.3, -0.25) is 9.36 Å². The van der Waals surface area contributed by atoms with Crippen LogP contribution in [0.25, 0.3) is 16.6 Å². The average molecular weight is 492 g/mol. The van der Waals surface area contributed by atoms with Crippen LogP contribution in [0.15, 0.2) is 82.5 Å². The van der Waals surface area contributed by atoms with Crippen LogP contribution in [0.1, 0.15) is 37.7 Å². The van der Waals surface area contributed by atoms with Gasteiger partial charge in [-0.1, -0.05) is 48.9 Å². The number of hydrogen-bond acceptors (Lipinski definition) is 5. The summed E-state index contributed by atoms with van der Waals surface area (Å²) in [5.41, 5.74) is 1.70. The summed E-state index contributed by atoms with van der Waals surface area (Å²) >= 11 is 0. The predicted molar refractivity (Wildman–Crippen MR) is 138 cm³/mol. The molecular weight excluding hydrogens is 462 g/mol. The van der Waals surface area contributed by atoms with E-state index in [-0.39, 0.29) is 17.0 Å². The van der Waals surface area contributed by atoms with Crippen LogP contribution in [0.2, 0.25) is 0 Å². The summed E-state index contributed by atoms with van der Waals surface area (Å²) in [6.07, 6.45) is 0.599. The molecule has 0 aliphatic heterocycles. The Kier molecular flexibility index (Phi) is 7.05. The smallest absolute Gasteiger partial charge is 0.266 e. The summed E-state index contributed by atoms with van der Waals surface area (Å²) in [6, 6.07) is 20.3. The van der Waals surface area contributed by atoms with E-state index < -0.39 is 16.1 Å². The van der Waals surface area contributed by atoms with Gasteiger partial charge in [0.2, 0.25) is 10.0 Å². The van der Waals surface area contributed by atoms with E-state index in [9.17, 15) is 13.2 Å². The Morgan fingerprint density at radius 1 is 1.00 bits per heavy atom. The maximum absolute atomic E-state index is 13.8. The second-order valence-corrected chi connectivity index (χ2v) is 10.3. The van der Waals surface area contributed by atoms with Gasteiger partial charge in [0.05, 0.1) is 34.6 Å². The van der Waals surface area contributed by atoms with Crippen molar-refractivity contribution in [2.45, 2.75) is 38.1 Å². The Balaban J connectivity index is 1.98. The number of ether oxygens (including phenoxy) is 1. The molecule has 0 saturated carbocycles. The van der Waals surface area contributed by atoms with Crippen molar-refractivity contribution in [1.82, 2.24) is 13.9 Å². The second kappa shape index (κ2) is 10.0. The van der Waals surface area contributed by atoms with Crippen molar-refractivity contribution in [3.8, 4) is 11.4 Å². The molecule has 0 aliphatic rings. The Bertz CT molecular complexity index is 1510. The fourth-order valence-corrected chi connectivity index (χ4v) is 5.88. The van der Waals surface area contributed by atoms with Crippen LogP contribution >= 0.6 is 0 Å². The molecule has 1 heterocycles. The normalized spacial score (nSPS) is 12.7. The van der Waals surface area contributed by atoms with Gasteiger partial charge < -0.3 is 4.74 Å². The lowest BCUT2D eigenvalue weighted by Gasteiger charge is -2.29. The lowest BCUT2D eigenvalue weighted by Crippen LogP contribution is -2.38. The summed E-state index contributed by atoms with van der Waals surface area (Å²) in [5, 5.41) is 0.442. The highest BCUT2D eigenvalue weighted by Crippen LogP contribution is 2.31. The summed E-state index contributed by atoms with van der Waals surface area (Å²) in [4.78, 5) is 18.8. The van der Waals surface area contributed by atoms with Gasteiger partial charge in [0.25, 0.3) is 5.56 Å². The number of rotatable bonds is 8. The molecule has 4 rings (SSSR count). The zero-order valence-corrected chi connectivity index (χ0v) is 21.1. The van der Waals surface area contributed by atoms with Crippen LogP contribution < -0.4 is 10.3 Å². The van der Waals surface area contributed by atoms with Crippen LogP contribution in [0.3, 0.4) is 0 Å². The van der Waals surface area contributed by atoms with E-state index in [1.54, 1.807) is 67.6 Å². The molecule has 4 aromatic rings. The number of hydrogen-bond donors (Lipinski definition) is 0. The lowest BCUT2D eigenvalue weighted by molar-refractivity contribution is 0.326. The molecule has 0 amide bonds. The zero-order chi connectivity index (χ0) is 25.2. The molecule has 0 radical (unpaired) electrons. The van der Waals surface area contributed by atoms with Gasteiger partial charge in [-0.15, -0.1) is 0 Å². The van der Waals surface area contributed by atoms with Crippen LogP contribution in [0.4, 0.5) is 0 Å². The molecule has 1 aromatic heterocycles. The summed E-state index contributed by atoms with van der Waals surface area (Å²) in [7, 11) is -2.33. The minimum absolute atomic E-state index is 0.204. The van der Waals surface area contributed by atoms with Crippen molar-refractivity contribution in [1.29, 1.82) is 0 Å². The monoisotopic (exact) mass is 491 g/mol. The van der Waals surface area contributed by atoms with E-state index in [1.165, 1.54) is 16.0 Å². The standard InChI is InChI=1S/C27H29N3O4S/c1-5-18-29(35(32,33)21-16-14-19(2)15-17-21)20(3)26-28-23-11-7-6-10-22(23)27(31)30(26)24-12-8-9-13-25(24)34-4/h6-17,20H,5,18H2,1-4H3. The fraction of sp³-hybridized carbons (Fsp3) is 0.259. The van der Waals surface area contributed by atoms with Crippen molar-refractivity contribution >= 4 is 20.9 Å². The van der Waals surface area contributed by atoms with E-state index >= 15 is 0 Å². The molecule has 0 saturated heterocycles. The maximum Gasteiger partial charge on any atom is 0.266 e. The first-order valence-electron chi connectivity index (χ1n) is 11.5. The van der Waals surface area contributed by atoms with E-state index in [0.29, 0.717) is 34.6 Å². The summed E-state index contributed by atoms with van der Waals surface area (Å²) in [5.74, 6) is 0.811. The Hall–Kier alpha value is -3.49. The van der Waals surface area contributed by atoms with Crippen molar-refractivity contribution < 1.29 is 13.2 Å². The van der Waals surface area contributed by atoms with Gasteiger partial charge >= 0.3 is 0 Å². The molecule has 0 aliphatic carbocycles. The van der Waals surface area contributed by atoms with Crippen LogP contribution in [-0.2, 0) is 10.0 Å². The number of fused-ring (bicyclic) bond motifs is 1. The maximum atomic E-state index is 13.8. The van der Waals surface area contributed by atoms with Crippen LogP contribution in [-0.4, -0.2) is 35.9 Å². The first kappa shape index (κ1) is 24.6. The van der Waals surface area contributed by atoms with E-state index in [0.717, 1.165) is 5.56 Å². The minimum Gasteiger partial charge on any atom is -0.495 e. The molecule has 0 spiro atoms. The van der Waals surface area contributed by atoms with Crippen LogP contribution in [0.5, 0.6) is 5.75 Å². The number of benzene rings is 3. The van der Waals surface area contributed by atoms with Gasteiger partial charge in [-0.05, 0) is 56.7 Å². The third-order valence-corrected chi connectivity index (χ3v) is 7.99. The van der Waals surface area contributed by atoms with E-state index in [4.69, 9.17) is 9.72 Å². The molecule has 1 atom stereocenters. The number of para-hydroxylation sites is 3. The Morgan fingerprint density at radius 2 is 1.66 bits per heavy atom. The second-order valence-electron chi connectivity index (χ2n) is 8.40. The molecule has 8 heteroatoms. The largest absolute Gasteiger partial charge is 0.495 e. The van der Waals surface area contributed by atoms with Gasteiger partial charge in [0.15, 0.2) is 0 Å². The fourth-order valence-electron chi connectivity index (χ4n) is 4.19. The Morgan fingerprint density at radius 3 is 2.34 bits per heavy atom. The highest BCUT2D eigenvalue weighted by atomic mass is 32.2. The molecule has 0 N–H and O–H groups in total. The lowest BCUT2D eigenvalue weighted by atomic mass is 10.2. The molecule has 35 heavy (non-hydrogen) atoms. The zero-order valence-electron chi connectivity index (χ0n) is 20.3. The van der Waals surface area contributed by atoms with E-state index in [1.807, 2.05) is 26.0 Å². The number of aryl methyl sites for hydroxylation is 1. The van der Waals surface area contributed by atoms with Crippen molar-refractivity contribution in [3.63, 3.8) is 0 Å². The third-order valence-electron chi connectivity index (χ3n) is 6.00. The summed E-state index contributed by atoms with van der Waals surface area (Å²) in [6.45, 7) is 5.87. The first-order valence-corrected chi connectivity index (χ1v) is 13.0. The summed E-state index contributed by atoms with van der Waals surface area (Å²) < 4.78 is 35.9. The van der Waals surface area contributed by atoms with Gasteiger partial charge in [-0.2, -0.15) is 4.31 Å². The number of nitrogens with zero attached hydrogens (tertiary/aromatic N) is 3. The highest BCUT2D eigenvalue weighted by molar-refractivity contribution is 7.89. The first-order chi connectivity index (χ1) is 16.8. The highest BCUT2D eigenvalue weighted by Gasteiger charge is 2.33. The van der Waals surface area contributed by atoms with Crippen molar-refractivity contribution in [2.75, 3.05) is 13.7 Å². The number of aromatic nitrogens is 2. The molecule has 0 fully saturated rings. The number of methoxy groups -OCH3 is 1. The van der Waals surface area contributed by atoms with Crippen molar-refractivity contribution in [2.24, 2.45) is 0 Å². The quantitative estimate of drug-likeness (QED) is 0.351. The average Bonchev–Trinajstić information content (AvgIpc) is 2.87. The van der Waals surface area contributed by atoms with Crippen molar-refractivity contribution in [3.05, 3.63) is 94.5 Å². The minimum atomic E-state index is -3.86. The van der Waals surface area contributed by atoms with Gasteiger partial charge in [0.1, 0.15) is 11.6 Å². The molecule has 182 valence electrons. The van der Waals surface area contributed by atoms with Crippen LogP contribution in [0, 0.1) is 6.92 Å². The molecule has 0 bridgehead atoms. The molecule has 3 aromatic carbocycles. The topological polar surface area (TPSA) is 81.5 Å². The Labute approximate surface area is 205 Å². The molecule has 7 nitrogen and oxygen atoms in total. The molecular formula is C27H29N3O4S. The number of sulfonamides is 1. The SMILES string of the molecule is CCCN(C(C)c1nc2ccccc2c(=O)n1-c1ccccc1OC)S(=O)(=O)c1ccc(C)cc1. The molecule has 1 unspecified atom stereocenters. The third kappa shape index (κ3) is 4.59.